The van der Waals surface area contributed by atoms with Gasteiger partial charge in [0.05, 0.1) is 0 Å². The lowest BCUT2D eigenvalue weighted by Crippen LogP contribution is -1.99. The van der Waals surface area contributed by atoms with E-state index in [-0.39, 0.29) is 0 Å². The van der Waals surface area contributed by atoms with Crippen LogP contribution in [0.4, 0.5) is 17.5 Å². The van der Waals surface area contributed by atoms with Gasteiger partial charge < -0.3 is 11.1 Å². The van der Waals surface area contributed by atoms with Crippen molar-refractivity contribution < 1.29 is 0 Å². The van der Waals surface area contributed by atoms with Gasteiger partial charge in [0.15, 0.2) is 0 Å². The second-order valence-corrected chi connectivity index (χ2v) is 3.99. The molecule has 1 aromatic heterocycles. The number of aromatic nitrogens is 2. The second kappa shape index (κ2) is 4.33. The molecule has 1 heterocycles. The minimum absolute atomic E-state index is 0.452. The molecule has 0 aliphatic carbocycles. The lowest BCUT2D eigenvalue weighted by Gasteiger charge is -2.06. The molecule has 0 fully saturated rings. The molecule has 4 heteroatoms. The first kappa shape index (κ1) is 10.5. The topological polar surface area (TPSA) is 63.8 Å². The largest absolute Gasteiger partial charge is 0.384 e. The first-order valence-corrected chi connectivity index (χ1v) is 5.66. The van der Waals surface area contributed by atoms with Crippen LogP contribution >= 0.6 is 0 Å². The van der Waals surface area contributed by atoms with Gasteiger partial charge in [0.2, 0.25) is 5.95 Å². The van der Waals surface area contributed by atoms with E-state index in [0.29, 0.717) is 11.8 Å². The van der Waals surface area contributed by atoms with E-state index in [0.717, 1.165) is 5.69 Å². The normalized spacial score (nSPS) is 10.4. The molecular formula is C14H12N4. The summed E-state index contributed by atoms with van der Waals surface area (Å²) < 4.78 is 0. The maximum absolute atomic E-state index is 5.61. The first-order chi connectivity index (χ1) is 8.81. The molecule has 0 unspecified atom stereocenters. The number of nitrogens with zero attached hydrogens (tertiary/aromatic N) is 2. The minimum atomic E-state index is 0.452. The van der Waals surface area contributed by atoms with Crippen LogP contribution in [-0.2, 0) is 0 Å². The Bertz CT molecular complexity index is 694. The fourth-order valence-corrected chi connectivity index (χ4v) is 1.83. The van der Waals surface area contributed by atoms with Gasteiger partial charge in [0.25, 0.3) is 0 Å². The summed E-state index contributed by atoms with van der Waals surface area (Å²) in [7, 11) is 0. The van der Waals surface area contributed by atoms with Crippen LogP contribution in [0.3, 0.4) is 0 Å². The summed E-state index contributed by atoms with van der Waals surface area (Å²) in [5, 5.41) is 5.51. The first-order valence-electron chi connectivity index (χ1n) is 5.66. The third kappa shape index (κ3) is 2.08. The number of benzene rings is 2. The van der Waals surface area contributed by atoms with Crippen LogP contribution in [0.25, 0.3) is 10.8 Å². The number of nitrogens with two attached hydrogens (primary N) is 1. The molecule has 0 amide bonds. The van der Waals surface area contributed by atoms with Crippen LogP contribution in [0.1, 0.15) is 0 Å². The molecule has 88 valence electrons. The van der Waals surface area contributed by atoms with Crippen LogP contribution in [0.5, 0.6) is 0 Å². The van der Waals surface area contributed by atoms with Crippen molar-refractivity contribution in [3.8, 4) is 0 Å². The van der Waals surface area contributed by atoms with E-state index in [1.165, 1.54) is 10.8 Å². The molecule has 3 rings (SSSR count). The van der Waals surface area contributed by atoms with Gasteiger partial charge in [-0.15, -0.1) is 0 Å². The third-order valence-electron chi connectivity index (χ3n) is 2.68. The highest BCUT2D eigenvalue weighted by Gasteiger charge is 1.99. The number of hydrogen-bond donors (Lipinski definition) is 2. The van der Waals surface area contributed by atoms with E-state index in [2.05, 4.69) is 39.6 Å². The van der Waals surface area contributed by atoms with Crippen LogP contribution in [0.2, 0.25) is 0 Å². The predicted octanol–water partition coefficient (Wildman–Crippen LogP) is 2.96. The molecule has 0 saturated carbocycles. The number of fused-ring (bicyclic) bond motifs is 1. The molecule has 4 nitrogen and oxygen atoms in total. The fraction of sp³-hybridized carbons (Fsp3) is 0. The van der Waals surface area contributed by atoms with Crippen molar-refractivity contribution in [2.24, 2.45) is 0 Å². The molecule has 18 heavy (non-hydrogen) atoms. The Labute approximate surface area is 104 Å². The molecule has 2 aromatic carbocycles. The average Bonchev–Trinajstić information content (AvgIpc) is 2.39. The van der Waals surface area contributed by atoms with Gasteiger partial charge in [0.1, 0.15) is 5.82 Å². The van der Waals surface area contributed by atoms with E-state index in [1.54, 1.807) is 12.3 Å². The lowest BCUT2D eigenvalue weighted by atomic mass is 10.1. The van der Waals surface area contributed by atoms with Crippen LogP contribution in [0.15, 0.2) is 54.7 Å². The van der Waals surface area contributed by atoms with Crippen molar-refractivity contribution in [3.63, 3.8) is 0 Å². The molecule has 3 N–H and O–H groups in total. The van der Waals surface area contributed by atoms with E-state index < -0.39 is 0 Å². The van der Waals surface area contributed by atoms with Crippen molar-refractivity contribution in [1.29, 1.82) is 0 Å². The highest BCUT2D eigenvalue weighted by Crippen LogP contribution is 2.20. The quantitative estimate of drug-likeness (QED) is 0.718. The molecular weight excluding hydrogens is 224 g/mol. The molecule has 0 aliphatic heterocycles. The second-order valence-electron chi connectivity index (χ2n) is 3.99. The number of anilines is 3. The van der Waals surface area contributed by atoms with E-state index in [4.69, 9.17) is 5.73 Å². The Morgan fingerprint density at radius 3 is 2.61 bits per heavy atom. The van der Waals surface area contributed by atoms with Crippen molar-refractivity contribution >= 4 is 28.2 Å². The number of nitrogens with one attached hydrogen (secondary N) is 1. The van der Waals surface area contributed by atoms with Gasteiger partial charge >= 0.3 is 0 Å². The number of rotatable bonds is 2. The van der Waals surface area contributed by atoms with Crippen LogP contribution < -0.4 is 11.1 Å². The fourth-order valence-electron chi connectivity index (χ4n) is 1.83. The van der Waals surface area contributed by atoms with Gasteiger partial charge in [0, 0.05) is 11.9 Å². The van der Waals surface area contributed by atoms with Crippen LogP contribution in [-0.4, -0.2) is 9.97 Å². The molecule has 0 saturated heterocycles. The zero-order valence-corrected chi connectivity index (χ0v) is 9.67. The summed E-state index contributed by atoms with van der Waals surface area (Å²) in [6.07, 6.45) is 1.63. The molecule has 3 aromatic rings. The van der Waals surface area contributed by atoms with Gasteiger partial charge in [-0.05, 0) is 29.0 Å². The van der Waals surface area contributed by atoms with Gasteiger partial charge in [-0.1, -0.05) is 30.3 Å². The van der Waals surface area contributed by atoms with Crippen molar-refractivity contribution in [3.05, 3.63) is 54.7 Å². The molecule has 0 bridgehead atoms. The Hall–Kier alpha value is -2.62. The van der Waals surface area contributed by atoms with Gasteiger partial charge in [-0.3, -0.25) is 0 Å². The Morgan fingerprint density at radius 1 is 0.944 bits per heavy atom. The Morgan fingerprint density at radius 2 is 1.78 bits per heavy atom. The Balaban J connectivity index is 1.95. The third-order valence-corrected chi connectivity index (χ3v) is 2.68. The summed E-state index contributed by atoms with van der Waals surface area (Å²) >= 11 is 0. The smallest absolute Gasteiger partial charge is 0.229 e. The highest BCUT2D eigenvalue weighted by atomic mass is 15.1. The van der Waals surface area contributed by atoms with E-state index in [1.807, 2.05) is 18.2 Å². The summed E-state index contributed by atoms with van der Waals surface area (Å²) in [6, 6.07) is 16.0. The van der Waals surface area contributed by atoms with Gasteiger partial charge in [-0.25, -0.2) is 4.98 Å². The molecule has 0 radical (unpaired) electrons. The van der Waals surface area contributed by atoms with Crippen molar-refractivity contribution in [1.82, 2.24) is 9.97 Å². The highest BCUT2D eigenvalue weighted by molar-refractivity contribution is 5.86. The standard InChI is InChI=1S/C14H12N4/c15-13-7-8-16-14(18-13)17-12-6-5-10-3-1-2-4-11(10)9-12/h1-9H,(H3,15,16,17,18). The molecule has 0 aliphatic rings. The SMILES string of the molecule is Nc1ccnc(Nc2ccc3ccccc3c2)n1. The summed E-state index contributed by atoms with van der Waals surface area (Å²) in [5.74, 6) is 0.957. The summed E-state index contributed by atoms with van der Waals surface area (Å²) in [5.41, 5.74) is 6.56. The Kier molecular flexibility index (Phi) is 2.53. The molecule has 0 atom stereocenters. The van der Waals surface area contributed by atoms with Crippen molar-refractivity contribution in [2.75, 3.05) is 11.1 Å². The molecule has 0 spiro atoms. The predicted molar refractivity (Wildman–Crippen MR) is 73.7 cm³/mol. The maximum atomic E-state index is 5.61. The monoisotopic (exact) mass is 236 g/mol. The van der Waals surface area contributed by atoms with E-state index in [9.17, 15) is 0 Å². The van der Waals surface area contributed by atoms with Crippen molar-refractivity contribution in [2.45, 2.75) is 0 Å². The van der Waals surface area contributed by atoms with E-state index >= 15 is 0 Å². The van der Waals surface area contributed by atoms with Crippen LogP contribution in [0, 0.1) is 0 Å². The zero-order chi connectivity index (χ0) is 12.4. The number of nitrogen functional groups attached to an aromatic ring is 1. The minimum Gasteiger partial charge on any atom is -0.384 e. The zero-order valence-electron chi connectivity index (χ0n) is 9.67. The maximum Gasteiger partial charge on any atom is 0.229 e. The average molecular weight is 236 g/mol. The summed E-state index contributed by atoms with van der Waals surface area (Å²) in [4.78, 5) is 8.22. The lowest BCUT2D eigenvalue weighted by molar-refractivity contribution is 1.17. The summed E-state index contributed by atoms with van der Waals surface area (Å²) in [6.45, 7) is 0. The van der Waals surface area contributed by atoms with Gasteiger partial charge in [-0.2, -0.15) is 4.98 Å². The number of hydrogen-bond acceptors (Lipinski definition) is 4.